The molecular formula is C28H27N3O6. The number of benzene rings is 2. The summed E-state index contributed by atoms with van der Waals surface area (Å²) in [6, 6.07) is 17.8. The summed E-state index contributed by atoms with van der Waals surface area (Å²) < 4.78 is 4.68. The minimum Gasteiger partial charge on any atom is -0.468 e. The summed E-state index contributed by atoms with van der Waals surface area (Å²) in [6.45, 7) is 1.06. The molecule has 0 radical (unpaired) electrons. The van der Waals surface area contributed by atoms with Crippen LogP contribution in [-0.2, 0) is 35.3 Å². The predicted octanol–water partition coefficient (Wildman–Crippen LogP) is 1.49. The minimum atomic E-state index is -1.59. The molecule has 0 saturated carbocycles. The molecule has 4 atom stereocenters. The second-order valence-corrected chi connectivity index (χ2v) is 9.66. The van der Waals surface area contributed by atoms with Gasteiger partial charge >= 0.3 is 5.97 Å². The van der Waals surface area contributed by atoms with Crippen molar-refractivity contribution < 1.29 is 28.7 Å². The first-order chi connectivity index (χ1) is 17.8. The number of nitrogens with zero attached hydrogens (tertiary/aromatic N) is 3. The van der Waals surface area contributed by atoms with Crippen molar-refractivity contribution in [3.05, 3.63) is 77.9 Å². The summed E-state index contributed by atoms with van der Waals surface area (Å²) >= 11 is 0. The molecule has 0 N–H and O–H groups in total. The molecule has 4 amide bonds. The number of amides is 4. The highest BCUT2D eigenvalue weighted by molar-refractivity contribution is 6.13. The van der Waals surface area contributed by atoms with Crippen LogP contribution in [-0.4, -0.2) is 76.1 Å². The molecule has 0 bridgehead atoms. The number of methoxy groups -OCH3 is 1. The van der Waals surface area contributed by atoms with Crippen molar-refractivity contribution in [2.75, 3.05) is 20.2 Å². The molecule has 3 fully saturated rings. The molecule has 9 heteroatoms. The van der Waals surface area contributed by atoms with Crippen molar-refractivity contribution in [3.8, 4) is 0 Å². The maximum atomic E-state index is 14.0. The van der Waals surface area contributed by atoms with Crippen LogP contribution in [0.2, 0.25) is 0 Å². The highest BCUT2D eigenvalue weighted by atomic mass is 16.5. The predicted molar refractivity (Wildman–Crippen MR) is 132 cm³/mol. The lowest BCUT2D eigenvalue weighted by molar-refractivity contribution is -0.167. The molecule has 9 nitrogen and oxygen atoms in total. The molecule has 37 heavy (non-hydrogen) atoms. The fourth-order valence-corrected chi connectivity index (χ4v) is 5.86. The van der Waals surface area contributed by atoms with Gasteiger partial charge in [0.15, 0.2) is 0 Å². The second-order valence-electron chi connectivity index (χ2n) is 9.66. The zero-order chi connectivity index (χ0) is 26.3. The quantitative estimate of drug-likeness (QED) is 0.439. The van der Waals surface area contributed by atoms with Gasteiger partial charge in [0.1, 0.15) is 18.6 Å². The largest absolute Gasteiger partial charge is 0.468 e. The van der Waals surface area contributed by atoms with Crippen LogP contribution in [0, 0.1) is 11.8 Å². The van der Waals surface area contributed by atoms with E-state index in [0.717, 1.165) is 16.0 Å². The molecule has 2 aromatic carbocycles. The maximum absolute atomic E-state index is 14.0. The number of carbonyl (C=O) groups is 5. The molecule has 3 saturated heterocycles. The molecule has 190 valence electrons. The molecular weight excluding hydrogens is 474 g/mol. The Hall–Kier alpha value is -4.27. The Bertz CT molecular complexity index is 1290. The molecule has 5 rings (SSSR count). The molecule has 3 aliphatic rings. The van der Waals surface area contributed by atoms with Gasteiger partial charge < -0.3 is 14.5 Å². The van der Waals surface area contributed by atoms with Crippen molar-refractivity contribution in [2.45, 2.75) is 25.0 Å². The van der Waals surface area contributed by atoms with Gasteiger partial charge in [-0.05, 0) is 18.1 Å². The van der Waals surface area contributed by atoms with Gasteiger partial charge in [-0.25, -0.2) is 0 Å². The van der Waals surface area contributed by atoms with E-state index in [0.29, 0.717) is 0 Å². The third-order valence-electron chi connectivity index (χ3n) is 7.55. The summed E-state index contributed by atoms with van der Waals surface area (Å²) in [5.41, 5.74) is 0.104. The number of ether oxygens (including phenoxy) is 1. The topological polar surface area (TPSA) is 104 Å². The first kappa shape index (κ1) is 24.4. The lowest BCUT2D eigenvalue weighted by Gasteiger charge is -2.46. The van der Waals surface area contributed by atoms with E-state index in [-0.39, 0.29) is 19.0 Å². The lowest BCUT2D eigenvalue weighted by Crippen LogP contribution is -2.68. The minimum absolute atomic E-state index is 0.160. The number of likely N-dealkylation sites (tertiary alicyclic amines) is 1. The van der Waals surface area contributed by atoms with Gasteiger partial charge in [-0.1, -0.05) is 72.8 Å². The summed E-state index contributed by atoms with van der Waals surface area (Å²) in [4.78, 5) is 70.5. The molecule has 0 unspecified atom stereocenters. The highest BCUT2D eigenvalue weighted by Crippen LogP contribution is 2.51. The Balaban J connectivity index is 1.56. The number of esters is 1. The van der Waals surface area contributed by atoms with Crippen molar-refractivity contribution in [2.24, 2.45) is 11.8 Å². The number of piperazine rings is 1. The van der Waals surface area contributed by atoms with Crippen molar-refractivity contribution >= 4 is 35.7 Å². The number of fused-ring (bicyclic) bond motifs is 3. The van der Waals surface area contributed by atoms with Crippen molar-refractivity contribution in [1.29, 1.82) is 0 Å². The van der Waals surface area contributed by atoms with E-state index < -0.39 is 53.7 Å². The fourth-order valence-electron chi connectivity index (χ4n) is 5.86. The third-order valence-corrected chi connectivity index (χ3v) is 7.55. The molecule has 0 aromatic heterocycles. The van der Waals surface area contributed by atoms with Crippen LogP contribution >= 0.6 is 0 Å². The number of imide groups is 1. The van der Waals surface area contributed by atoms with E-state index in [2.05, 4.69) is 4.74 Å². The second kappa shape index (κ2) is 9.31. The van der Waals surface area contributed by atoms with E-state index in [9.17, 15) is 24.0 Å². The lowest BCUT2D eigenvalue weighted by atomic mass is 9.79. The fraction of sp³-hybridized carbons (Fsp3) is 0.321. The molecule has 2 aromatic rings. The number of rotatable bonds is 6. The standard InChI is InChI=1S/C28H27N3O6/c1-28-24-23(25(34)30(26(24)35)17-22(33)37-2)20(14-13-18-9-5-3-6-10-18)31(28)21(32)16-29(27(28)36)15-19-11-7-4-8-12-19/h3-14,20,23-24H,15-17H2,1-2H3/b14-13+/t20-,23+,24-,28-/m1/s1. The van der Waals surface area contributed by atoms with Gasteiger partial charge in [0.05, 0.1) is 25.0 Å². The zero-order valence-electron chi connectivity index (χ0n) is 20.6. The normalized spacial score (nSPS) is 27.2. The average molecular weight is 502 g/mol. The Morgan fingerprint density at radius 3 is 2.30 bits per heavy atom. The molecule has 3 heterocycles. The van der Waals surface area contributed by atoms with Crippen LogP contribution in [0.4, 0.5) is 0 Å². The number of carbonyl (C=O) groups excluding carboxylic acids is 5. The Morgan fingerprint density at radius 2 is 1.65 bits per heavy atom. The van der Waals surface area contributed by atoms with Gasteiger partial charge in [0, 0.05) is 6.54 Å². The van der Waals surface area contributed by atoms with Gasteiger partial charge in [0.2, 0.25) is 23.6 Å². The van der Waals surface area contributed by atoms with Crippen LogP contribution in [0.15, 0.2) is 66.7 Å². The van der Waals surface area contributed by atoms with Gasteiger partial charge in [-0.2, -0.15) is 0 Å². The molecule has 0 aliphatic carbocycles. The van der Waals surface area contributed by atoms with Crippen LogP contribution in [0.1, 0.15) is 18.1 Å². The van der Waals surface area contributed by atoms with Gasteiger partial charge in [-0.15, -0.1) is 0 Å². The SMILES string of the molecule is COC(=O)CN1C(=O)[C@H]2[C@@H](/C=C/c3ccccc3)N3C(=O)CN(Cc4ccccc4)C(=O)[C@@]3(C)[C@H]2C1=O. The summed E-state index contributed by atoms with van der Waals surface area (Å²) in [5.74, 6) is -4.83. The third kappa shape index (κ3) is 3.91. The van der Waals surface area contributed by atoms with Crippen LogP contribution in [0.5, 0.6) is 0 Å². The average Bonchev–Trinajstić information content (AvgIpc) is 3.32. The molecule has 0 spiro atoms. The van der Waals surface area contributed by atoms with E-state index in [1.807, 2.05) is 60.7 Å². The Morgan fingerprint density at radius 1 is 1.00 bits per heavy atom. The maximum Gasteiger partial charge on any atom is 0.325 e. The monoisotopic (exact) mass is 501 g/mol. The van der Waals surface area contributed by atoms with Crippen LogP contribution in [0.25, 0.3) is 6.08 Å². The Kier molecular flexibility index (Phi) is 6.15. The summed E-state index contributed by atoms with van der Waals surface area (Å²) in [6.07, 6.45) is 3.49. The van der Waals surface area contributed by atoms with E-state index in [1.54, 1.807) is 19.1 Å². The summed E-state index contributed by atoms with van der Waals surface area (Å²) in [7, 11) is 1.17. The Labute approximate surface area is 214 Å². The van der Waals surface area contributed by atoms with Crippen LogP contribution in [0.3, 0.4) is 0 Å². The van der Waals surface area contributed by atoms with Crippen molar-refractivity contribution in [1.82, 2.24) is 14.7 Å². The van der Waals surface area contributed by atoms with Crippen molar-refractivity contribution in [3.63, 3.8) is 0 Å². The number of hydrogen-bond acceptors (Lipinski definition) is 6. The summed E-state index contributed by atoms with van der Waals surface area (Å²) in [5, 5.41) is 0. The van der Waals surface area contributed by atoms with Gasteiger partial charge in [0.25, 0.3) is 0 Å². The van der Waals surface area contributed by atoms with E-state index in [1.165, 1.54) is 16.9 Å². The molecule has 3 aliphatic heterocycles. The van der Waals surface area contributed by atoms with E-state index in [4.69, 9.17) is 0 Å². The smallest absolute Gasteiger partial charge is 0.325 e. The van der Waals surface area contributed by atoms with Crippen LogP contribution < -0.4 is 0 Å². The first-order valence-corrected chi connectivity index (χ1v) is 12.1. The van der Waals surface area contributed by atoms with Gasteiger partial charge in [-0.3, -0.25) is 28.9 Å². The van der Waals surface area contributed by atoms with E-state index >= 15 is 0 Å². The number of hydrogen-bond donors (Lipinski definition) is 0. The highest BCUT2D eigenvalue weighted by Gasteiger charge is 2.72. The first-order valence-electron chi connectivity index (χ1n) is 12.1. The zero-order valence-corrected chi connectivity index (χ0v) is 20.6.